The maximum Gasteiger partial charge on any atom is 0.496 e. The summed E-state index contributed by atoms with van der Waals surface area (Å²) >= 11 is 0. The fourth-order valence-electron chi connectivity index (χ4n) is 3.49. The third-order valence-corrected chi connectivity index (χ3v) is 6.58. The molecular formula is C19H32BNO4Si. The summed E-state index contributed by atoms with van der Waals surface area (Å²) in [5, 5.41) is 0. The molecule has 2 aliphatic heterocycles. The van der Waals surface area contributed by atoms with Crippen LogP contribution in [0.3, 0.4) is 0 Å². The second-order valence-electron chi connectivity index (χ2n) is 9.39. The highest BCUT2D eigenvalue weighted by Crippen LogP contribution is 2.38. The lowest BCUT2D eigenvalue weighted by Gasteiger charge is -2.41. The second kappa shape index (κ2) is 6.71. The smallest absolute Gasteiger partial charge is 0.406 e. The molecule has 0 N–H and O–H groups in total. The van der Waals surface area contributed by atoms with Gasteiger partial charge in [0.2, 0.25) is 0 Å². The van der Waals surface area contributed by atoms with Crippen LogP contribution in [0.2, 0.25) is 19.6 Å². The molecule has 0 amide bonds. The summed E-state index contributed by atoms with van der Waals surface area (Å²) in [5.74, 6) is 0. The third kappa shape index (κ3) is 3.92. The molecular weight excluding hydrogens is 345 g/mol. The van der Waals surface area contributed by atoms with E-state index in [-0.39, 0.29) is 23.9 Å². The van der Waals surface area contributed by atoms with Crippen molar-refractivity contribution in [3.8, 4) is 0 Å². The Balaban J connectivity index is 1.84. The van der Waals surface area contributed by atoms with Crippen LogP contribution in [0.1, 0.15) is 46.2 Å². The monoisotopic (exact) mass is 377 g/mol. The normalized spacial score (nSPS) is 24.7. The highest BCUT2D eigenvalue weighted by atomic mass is 28.4. The minimum atomic E-state index is -1.72. The molecule has 144 valence electrons. The lowest BCUT2D eigenvalue weighted by Crippen LogP contribution is -2.45. The largest absolute Gasteiger partial charge is 0.496 e. The molecule has 0 aromatic carbocycles. The highest BCUT2D eigenvalue weighted by Gasteiger charge is 2.52. The summed E-state index contributed by atoms with van der Waals surface area (Å²) in [4.78, 5) is 4.78. The predicted molar refractivity (Wildman–Crippen MR) is 106 cm³/mol. The van der Waals surface area contributed by atoms with E-state index in [4.69, 9.17) is 23.5 Å². The zero-order valence-electron chi connectivity index (χ0n) is 17.2. The van der Waals surface area contributed by atoms with Gasteiger partial charge in [0.1, 0.15) is 5.60 Å². The Morgan fingerprint density at radius 3 is 2.04 bits per heavy atom. The minimum absolute atomic E-state index is 0.336. The number of ether oxygens (including phenoxy) is 1. The van der Waals surface area contributed by atoms with Gasteiger partial charge in [-0.05, 0) is 53.4 Å². The summed E-state index contributed by atoms with van der Waals surface area (Å²) in [6.45, 7) is 16.4. The molecule has 5 nitrogen and oxygen atoms in total. The lowest BCUT2D eigenvalue weighted by atomic mass is 9.79. The van der Waals surface area contributed by atoms with Gasteiger partial charge in [0.25, 0.3) is 0 Å². The third-order valence-electron chi connectivity index (χ3n) is 5.58. The molecule has 0 aliphatic carbocycles. The molecule has 3 heterocycles. The maximum absolute atomic E-state index is 6.62. The first-order valence-electron chi connectivity index (χ1n) is 9.54. The standard InChI is InChI=1S/C19H32BNO4Si/c1-17(2)18(3,4)24-20(23-17)15-8-9-16(21-14-15)19(25-26(5,6)7)10-12-22-13-11-19/h8-9,14H,10-13H2,1-7H3. The van der Waals surface area contributed by atoms with Crippen LogP contribution in [0.5, 0.6) is 0 Å². The van der Waals surface area contributed by atoms with Crippen molar-refractivity contribution in [3.05, 3.63) is 24.0 Å². The molecule has 0 spiro atoms. The number of hydrogen-bond donors (Lipinski definition) is 0. The van der Waals surface area contributed by atoms with Crippen LogP contribution in [-0.4, -0.2) is 44.8 Å². The molecule has 0 unspecified atom stereocenters. The lowest BCUT2D eigenvalue weighted by molar-refractivity contribution is -0.0577. The van der Waals surface area contributed by atoms with Gasteiger partial charge in [-0.1, -0.05) is 6.07 Å². The molecule has 2 aliphatic rings. The molecule has 3 rings (SSSR count). The molecule has 1 aromatic heterocycles. The van der Waals surface area contributed by atoms with Gasteiger partial charge >= 0.3 is 7.12 Å². The summed E-state index contributed by atoms with van der Waals surface area (Å²) in [6, 6.07) is 4.14. The summed E-state index contributed by atoms with van der Waals surface area (Å²) in [6.07, 6.45) is 3.57. The Kier molecular flexibility index (Phi) is 5.16. The van der Waals surface area contributed by atoms with Crippen molar-refractivity contribution in [1.29, 1.82) is 0 Å². The van der Waals surface area contributed by atoms with Crippen molar-refractivity contribution in [2.24, 2.45) is 0 Å². The van der Waals surface area contributed by atoms with Crippen molar-refractivity contribution in [1.82, 2.24) is 4.98 Å². The topological polar surface area (TPSA) is 49.8 Å². The van der Waals surface area contributed by atoms with Crippen molar-refractivity contribution < 1.29 is 18.5 Å². The van der Waals surface area contributed by atoms with Crippen molar-refractivity contribution in [3.63, 3.8) is 0 Å². The van der Waals surface area contributed by atoms with E-state index in [9.17, 15) is 0 Å². The quantitative estimate of drug-likeness (QED) is 0.754. The second-order valence-corrected chi connectivity index (χ2v) is 13.8. The van der Waals surface area contributed by atoms with Crippen LogP contribution >= 0.6 is 0 Å². The van der Waals surface area contributed by atoms with Gasteiger partial charge in [-0.15, -0.1) is 0 Å². The zero-order chi connectivity index (χ0) is 19.2. The van der Waals surface area contributed by atoms with Gasteiger partial charge in [-0.2, -0.15) is 0 Å². The molecule has 0 atom stereocenters. The fraction of sp³-hybridized carbons (Fsp3) is 0.737. The van der Waals surface area contributed by atoms with E-state index in [1.807, 2.05) is 6.20 Å². The summed E-state index contributed by atoms with van der Waals surface area (Å²) in [5.41, 5.74) is 0.904. The SMILES string of the molecule is CC1(C)OB(c2ccc(C3(O[Si](C)(C)C)CCOCC3)nc2)OC1(C)C. The van der Waals surface area contributed by atoms with Gasteiger partial charge in [-0.25, -0.2) is 0 Å². The van der Waals surface area contributed by atoms with Crippen LogP contribution in [0.4, 0.5) is 0 Å². The van der Waals surface area contributed by atoms with E-state index in [1.165, 1.54) is 0 Å². The average Bonchev–Trinajstić information content (AvgIpc) is 2.75. The zero-order valence-corrected chi connectivity index (χ0v) is 18.2. The maximum atomic E-state index is 6.62. The van der Waals surface area contributed by atoms with E-state index < -0.39 is 8.32 Å². The average molecular weight is 377 g/mol. The van der Waals surface area contributed by atoms with Crippen LogP contribution in [0.25, 0.3) is 0 Å². The number of rotatable bonds is 4. The van der Waals surface area contributed by atoms with E-state index in [0.29, 0.717) is 13.2 Å². The van der Waals surface area contributed by atoms with Crippen molar-refractivity contribution in [2.75, 3.05) is 13.2 Å². The first kappa shape index (κ1) is 20.0. The Morgan fingerprint density at radius 2 is 1.58 bits per heavy atom. The Hall–Kier alpha value is -0.728. The van der Waals surface area contributed by atoms with E-state index >= 15 is 0 Å². The number of aromatic nitrogens is 1. The van der Waals surface area contributed by atoms with Crippen LogP contribution < -0.4 is 5.46 Å². The minimum Gasteiger partial charge on any atom is -0.406 e. The first-order valence-corrected chi connectivity index (χ1v) is 13.0. The van der Waals surface area contributed by atoms with Crippen LogP contribution in [-0.2, 0) is 24.1 Å². The van der Waals surface area contributed by atoms with E-state index in [2.05, 4.69) is 59.5 Å². The number of nitrogens with zero attached hydrogens (tertiary/aromatic N) is 1. The number of pyridine rings is 1. The predicted octanol–water partition coefficient (Wildman–Crippen LogP) is 3.24. The van der Waals surface area contributed by atoms with Crippen LogP contribution in [0.15, 0.2) is 18.3 Å². The van der Waals surface area contributed by atoms with Gasteiger partial charge < -0.3 is 18.5 Å². The molecule has 7 heteroatoms. The Bertz CT molecular complexity index is 620. The van der Waals surface area contributed by atoms with Gasteiger partial charge in [0.15, 0.2) is 8.32 Å². The molecule has 0 saturated carbocycles. The highest BCUT2D eigenvalue weighted by molar-refractivity contribution is 6.69. The molecule has 1 aromatic rings. The van der Waals surface area contributed by atoms with Crippen molar-refractivity contribution in [2.45, 2.75) is 77.0 Å². The molecule has 2 saturated heterocycles. The summed E-state index contributed by atoms with van der Waals surface area (Å²) < 4.78 is 24.5. The Morgan fingerprint density at radius 1 is 1.00 bits per heavy atom. The number of hydrogen-bond acceptors (Lipinski definition) is 5. The van der Waals surface area contributed by atoms with Gasteiger partial charge in [-0.3, -0.25) is 4.98 Å². The van der Waals surface area contributed by atoms with Crippen LogP contribution in [0, 0.1) is 0 Å². The molecule has 0 radical (unpaired) electrons. The van der Waals surface area contributed by atoms with Gasteiger partial charge in [0, 0.05) is 37.7 Å². The first-order chi connectivity index (χ1) is 11.9. The van der Waals surface area contributed by atoms with Gasteiger partial charge in [0.05, 0.1) is 16.9 Å². The van der Waals surface area contributed by atoms with Crippen molar-refractivity contribution >= 4 is 20.9 Å². The summed E-state index contributed by atoms with van der Waals surface area (Å²) in [7, 11) is -2.11. The fourth-order valence-corrected chi connectivity index (χ4v) is 4.97. The molecule has 2 fully saturated rings. The molecule has 0 bridgehead atoms. The molecule has 26 heavy (non-hydrogen) atoms. The van der Waals surface area contributed by atoms with E-state index in [1.54, 1.807) is 0 Å². The Labute approximate surface area is 159 Å². The van der Waals surface area contributed by atoms with E-state index in [0.717, 1.165) is 24.0 Å².